The topological polar surface area (TPSA) is 52.8 Å². The Bertz CT molecular complexity index is 889. The smallest absolute Gasteiger partial charge is 0.283 e. The van der Waals surface area contributed by atoms with Crippen molar-refractivity contribution in [3.63, 3.8) is 0 Å². The van der Waals surface area contributed by atoms with Gasteiger partial charge in [-0.2, -0.15) is 4.99 Å². The first-order chi connectivity index (χ1) is 12.8. The molecule has 0 saturated carbocycles. The summed E-state index contributed by atoms with van der Waals surface area (Å²) in [7, 11) is 1.56. The molecule has 0 N–H and O–H groups in total. The van der Waals surface area contributed by atoms with E-state index < -0.39 is 0 Å². The van der Waals surface area contributed by atoms with Gasteiger partial charge in [0.15, 0.2) is 4.80 Å². The number of benzene rings is 1. The van der Waals surface area contributed by atoms with Crippen LogP contribution in [0.2, 0.25) is 0 Å². The molecule has 0 unspecified atom stereocenters. The lowest BCUT2D eigenvalue weighted by atomic mass is 9.95. The number of halogens is 1. The molecule has 0 bridgehead atoms. The summed E-state index contributed by atoms with van der Waals surface area (Å²) < 4.78 is 14.0. The van der Waals surface area contributed by atoms with E-state index in [1.54, 1.807) is 30.6 Å². The second-order valence-electron chi connectivity index (χ2n) is 7.68. The molecule has 0 aliphatic carbocycles. The van der Waals surface area contributed by atoms with Crippen LogP contribution in [0.25, 0.3) is 0 Å². The molecule has 0 radical (unpaired) electrons. The van der Waals surface area contributed by atoms with Crippen molar-refractivity contribution in [3.05, 3.63) is 44.1 Å². The number of hydrogen-bond donors (Lipinski definition) is 0. The van der Waals surface area contributed by atoms with Crippen molar-refractivity contribution in [1.29, 1.82) is 0 Å². The molecule has 2 aromatic rings. The van der Waals surface area contributed by atoms with E-state index >= 15 is 0 Å². The van der Waals surface area contributed by atoms with E-state index in [1.807, 2.05) is 6.07 Å². The van der Waals surface area contributed by atoms with Crippen LogP contribution < -0.4 is 9.54 Å². The third kappa shape index (κ3) is 4.89. The average molecular weight is 453 g/mol. The van der Waals surface area contributed by atoms with Gasteiger partial charge in [0.1, 0.15) is 5.75 Å². The third-order valence-corrected chi connectivity index (χ3v) is 6.41. The van der Waals surface area contributed by atoms with Crippen LogP contribution >= 0.6 is 27.3 Å². The predicted octanol–water partition coefficient (Wildman–Crippen LogP) is 4.54. The van der Waals surface area contributed by atoms with Crippen molar-refractivity contribution in [1.82, 2.24) is 4.57 Å². The molecule has 27 heavy (non-hydrogen) atoms. The minimum atomic E-state index is -0.309. The van der Waals surface area contributed by atoms with Gasteiger partial charge in [-0.25, -0.2) is 0 Å². The maximum Gasteiger partial charge on any atom is 0.283 e. The Morgan fingerprint density at radius 1 is 1.44 bits per heavy atom. The van der Waals surface area contributed by atoms with Gasteiger partial charge in [0.05, 0.1) is 25.3 Å². The highest BCUT2D eigenvalue weighted by molar-refractivity contribution is 9.10. The van der Waals surface area contributed by atoms with Gasteiger partial charge in [-0.15, -0.1) is 11.3 Å². The number of aromatic nitrogens is 1. The fourth-order valence-corrected chi connectivity index (χ4v) is 4.36. The summed E-state index contributed by atoms with van der Waals surface area (Å²) in [6.45, 7) is 8.02. The molecule has 1 saturated heterocycles. The molecule has 5 nitrogen and oxygen atoms in total. The Balaban J connectivity index is 2.02. The summed E-state index contributed by atoms with van der Waals surface area (Å²) in [5.41, 5.74) is 0.439. The van der Waals surface area contributed by atoms with Gasteiger partial charge in [-0.05, 0) is 36.5 Å². The van der Waals surface area contributed by atoms with E-state index in [0.29, 0.717) is 22.7 Å². The van der Waals surface area contributed by atoms with Gasteiger partial charge in [0, 0.05) is 22.2 Å². The van der Waals surface area contributed by atoms with Crippen LogP contribution in [0, 0.1) is 0 Å². The van der Waals surface area contributed by atoms with Gasteiger partial charge < -0.3 is 14.0 Å². The maximum atomic E-state index is 12.9. The van der Waals surface area contributed by atoms with Crippen molar-refractivity contribution in [2.75, 3.05) is 13.7 Å². The van der Waals surface area contributed by atoms with Crippen molar-refractivity contribution in [2.24, 2.45) is 4.99 Å². The molecule has 7 heteroatoms. The Morgan fingerprint density at radius 3 is 2.85 bits per heavy atom. The molecule has 1 aromatic carbocycles. The second-order valence-corrected chi connectivity index (χ2v) is 9.60. The molecule has 3 rings (SSSR count). The molecule has 1 aliphatic rings. The Hall–Kier alpha value is -1.44. The zero-order valence-electron chi connectivity index (χ0n) is 16.1. The first-order valence-electron chi connectivity index (χ1n) is 9.03. The van der Waals surface area contributed by atoms with Crippen molar-refractivity contribution in [3.8, 4) is 5.75 Å². The fraction of sp³-hybridized carbons (Fsp3) is 0.500. The van der Waals surface area contributed by atoms with Gasteiger partial charge in [-0.3, -0.25) is 4.79 Å². The maximum absolute atomic E-state index is 12.9. The van der Waals surface area contributed by atoms with Crippen molar-refractivity contribution < 1.29 is 14.3 Å². The number of nitrogens with zero attached hydrogens (tertiary/aromatic N) is 2. The molecule has 1 aliphatic heterocycles. The molecule has 2 heterocycles. The molecule has 1 aromatic heterocycles. The number of ether oxygens (including phenoxy) is 2. The summed E-state index contributed by atoms with van der Waals surface area (Å²) in [4.78, 5) is 19.2. The monoisotopic (exact) mass is 452 g/mol. The van der Waals surface area contributed by atoms with E-state index in [9.17, 15) is 4.79 Å². The van der Waals surface area contributed by atoms with Crippen LogP contribution in [0.4, 0.5) is 0 Å². The molecule has 146 valence electrons. The fourth-order valence-electron chi connectivity index (χ4n) is 2.95. The number of rotatable bonds is 4. The van der Waals surface area contributed by atoms with E-state index in [1.165, 1.54) is 4.88 Å². The quantitative estimate of drug-likeness (QED) is 0.683. The lowest BCUT2D eigenvalue weighted by molar-refractivity contribution is 0.0948. The Labute approximate surface area is 172 Å². The number of amides is 1. The van der Waals surface area contributed by atoms with E-state index in [4.69, 9.17) is 9.47 Å². The van der Waals surface area contributed by atoms with Crippen LogP contribution in [0.5, 0.6) is 5.75 Å². The molecular formula is C20H25BrN2O3S. The zero-order chi connectivity index (χ0) is 19.6. The van der Waals surface area contributed by atoms with Crippen LogP contribution in [0.1, 0.15) is 48.8 Å². The SMILES string of the molecule is COc1ccc(Br)cc1C(=O)/N=c1\sc(C(C)(C)C)cn1C[C@H]1CCCO1. The number of carbonyl (C=O) groups is 1. The van der Waals surface area contributed by atoms with Gasteiger partial charge in [0.2, 0.25) is 0 Å². The summed E-state index contributed by atoms with van der Waals surface area (Å²) in [6.07, 6.45) is 4.42. The summed E-state index contributed by atoms with van der Waals surface area (Å²) in [5, 5.41) is 0. The van der Waals surface area contributed by atoms with Gasteiger partial charge in [-0.1, -0.05) is 36.7 Å². The number of thiazole rings is 1. The number of methoxy groups -OCH3 is 1. The largest absolute Gasteiger partial charge is 0.496 e. The van der Waals surface area contributed by atoms with Crippen LogP contribution in [0.15, 0.2) is 33.9 Å². The van der Waals surface area contributed by atoms with Gasteiger partial charge >= 0.3 is 0 Å². The van der Waals surface area contributed by atoms with Crippen molar-refractivity contribution >= 4 is 33.2 Å². The van der Waals surface area contributed by atoms with Gasteiger partial charge in [0.25, 0.3) is 5.91 Å². The molecule has 1 amide bonds. The highest BCUT2D eigenvalue weighted by Gasteiger charge is 2.22. The van der Waals surface area contributed by atoms with E-state index in [0.717, 1.165) is 23.9 Å². The average Bonchev–Trinajstić information content (AvgIpc) is 3.25. The standard InChI is InChI=1S/C20H25BrN2O3S/c1-20(2,3)17-12-23(11-14-6-5-9-26-14)19(27-17)22-18(24)15-10-13(21)7-8-16(15)25-4/h7-8,10,12,14H,5-6,9,11H2,1-4H3/b22-19-/t14-/m1/s1. The lowest BCUT2D eigenvalue weighted by Crippen LogP contribution is -2.23. The number of hydrogen-bond acceptors (Lipinski definition) is 4. The van der Waals surface area contributed by atoms with E-state index in [2.05, 4.69) is 52.5 Å². The lowest BCUT2D eigenvalue weighted by Gasteiger charge is -2.15. The highest BCUT2D eigenvalue weighted by atomic mass is 79.9. The Kier molecular flexibility index (Phi) is 6.23. The zero-order valence-corrected chi connectivity index (χ0v) is 18.5. The molecule has 1 fully saturated rings. The van der Waals surface area contributed by atoms with Crippen LogP contribution in [-0.4, -0.2) is 30.3 Å². The summed E-state index contributed by atoms with van der Waals surface area (Å²) in [5.74, 6) is 0.210. The predicted molar refractivity (Wildman–Crippen MR) is 111 cm³/mol. The van der Waals surface area contributed by atoms with Crippen LogP contribution in [0.3, 0.4) is 0 Å². The molecular weight excluding hydrogens is 428 g/mol. The van der Waals surface area contributed by atoms with E-state index in [-0.39, 0.29) is 17.4 Å². The minimum absolute atomic E-state index is 0.00671. The van der Waals surface area contributed by atoms with Crippen LogP contribution in [-0.2, 0) is 16.7 Å². The first kappa shape index (κ1) is 20.3. The minimum Gasteiger partial charge on any atom is -0.496 e. The number of carbonyl (C=O) groups excluding carboxylic acids is 1. The molecule has 1 atom stereocenters. The normalized spacial score (nSPS) is 18.1. The summed E-state index contributed by atoms with van der Waals surface area (Å²) >= 11 is 4.97. The highest BCUT2D eigenvalue weighted by Crippen LogP contribution is 2.26. The third-order valence-electron chi connectivity index (χ3n) is 4.47. The van der Waals surface area contributed by atoms with Crippen molar-refractivity contribution in [2.45, 2.75) is 51.7 Å². The second kappa shape index (κ2) is 8.29. The summed E-state index contributed by atoms with van der Waals surface area (Å²) in [6, 6.07) is 5.35. The Morgan fingerprint density at radius 2 is 2.22 bits per heavy atom. The first-order valence-corrected chi connectivity index (χ1v) is 10.6. The molecule has 0 spiro atoms.